The fourth-order valence-electron chi connectivity index (χ4n) is 1.52. The van der Waals surface area contributed by atoms with Crippen molar-refractivity contribution in [2.45, 2.75) is 13.1 Å². The Hall–Kier alpha value is -2.11. The van der Waals surface area contributed by atoms with Crippen LogP contribution >= 0.6 is 0 Å². The third-order valence-corrected chi connectivity index (χ3v) is 2.52. The fourth-order valence-corrected chi connectivity index (χ4v) is 1.52. The average Bonchev–Trinajstić information content (AvgIpc) is 2.69. The van der Waals surface area contributed by atoms with E-state index in [-0.39, 0.29) is 0 Å². The molecule has 3 nitrogen and oxygen atoms in total. The number of hydrogen-bond donors (Lipinski definition) is 0. The second kappa shape index (κ2) is 4.29. The van der Waals surface area contributed by atoms with Crippen LogP contribution in [0.25, 0.3) is 5.69 Å². The van der Waals surface area contributed by atoms with Crippen molar-refractivity contribution in [2.75, 3.05) is 0 Å². The van der Waals surface area contributed by atoms with Crippen LogP contribution in [0.3, 0.4) is 0 Å². The van der Waals surface area contributed by atoms with E-state index in [1.54, 1.807) is 6.92 Å². The Balaban J connectivity index is 2.37. The lowest BCUT2D eigenvalue weighted by Gasteiger charge is -2.07. The van der Waals surface area contributed by atoms with Crippen molar-refractivity contribution in [3.05, 3.63) is 47.3 Å². The maximum atomic E-state index is 12.4. The molecule has 0 saturated heterocycles. The van der Waals surface area contributed by atoms with Crippen LogP contribution in [-0.4, -0.2) is 16.1 Å². The summed E-state index contributed by atoms with van der Waals surface area (Å²) in [6, 6.07) is 4.58. The zero-order valence-electron chi connectivity index (χ0n) is 9.40. The Kier molecular flexibility index (Phi) is 2.94. The predicted molar refractivity (Wildman–Crippen MR) is 58.7 cm³/mol. The molecule has 2 rings (SSSR count). The smallest absolute Gasteiger partial charge is 0.298 e. The number of carbonyl (C=O) groups is 1. The van der Waals surface area contributed by atoms with Gasteiger partial charge in [-0.25, -0.2) is 4.68 Å². The lowest BCUT2D eigenvalue weighted by Crippen LogP contribution is -2.05. The summed E-state index contributed by atoms with van der Waals surface area (Å²) in [6.07, 6.45) is -2.22. The molecule has 0 aliphatic rings. The van der Waals surface area contributed by atoms with E-state index in [0.717, 1.165) is 12.1 Å². The summed E-state index contributed by atoms with van der Waals surface area (Å²) in [5.41, 5.74) is 0.699. The van der Waals surface area contributed by atoms with Crippen molar-refractivity contribution in [1.82, 2.24) is 9.78 Å². The molecule has 0 radical (unpaired) electrons. The van der Waals surface area contributed by atoms with Crippen LogP contribution in [0, 0.1) is 6.92 Å². The number of hydrogen-bond acceptors (Lipinski definition) is 2. The molecule has 2 aromatic rings. The molecule has 1 heterocycles. The fraction of sp³-hybridized carbons (Fsp3) is 0.167. The molecule has 0 saturated carbocycles. The Bertz CT molecular complexity index is 570. The number of aldehydes is 1. The molecule has 0 amide bonds. The second-order valence-electron chi connectivity index (χ2n) is 3.78. The van der Waals surface area contributed by atoms with Gasteiger partial charge in [0, 0.05) is 6.20 Å². The minimum atomic E-state index is -4.35. The monoisotopic (exact) mass is 254 g/mol. The average molecular weight is 254 g/mol. The molecule has 18 heavy (non-hydrogen) atoms. The lowest BCUT2D eigenvalue weighted by molar-refractivity contribution is -0.137. The van der Waals surface area contributed by atoms with Crippen molar-refractivity contribution in [1.29, 1.82) is 0 Å². The van der Waals surface area contributed by atoms with Crippen LogP contribution in [0.4, 0.5) is 13.2 Å². The summed E-state index contributed by atoms with van der Waals surface area (Å²) in [4.78, 5) is 10.7. The molecule has 0 atom stereocenters. The van der Waals surface area contributed by atoms with E-state index < -0.39 is 11.7 Å². The number of alkyl halides is 3. The van der Waals surface area contributed by atoms with Crippen LogP contribution in [-0.2, 0) is 6.18 Å². The minimum Gasteiger partial charge on any atom is -0.298 e. The molecule has 0 aliphatic carbocycles. The quantitative estimate of drug-likeness (QED) is 0.772. The van der Waals surface area contributed by atoms with Crippen molar-refractivity contribution < 1.29 is 18.0 Å². The maximum Gasteiger partial charge on any atom is 0.416 e. The number of aromatic nitrogens is 2. The first-order valence-corrected chi connectivity index (χ1v) is 5.11. The first kappa shape index (κ1) is 12.3. The van der Waals surface area contributed by atoms with Gasteiger partial charge in [-0.1, -0.05) is 0 Å². The van der Waals surface area contributed by atoms with Crippen molar-refractivity contribution in [3.8, 4) is 5.69 Å². The highest BCUT2D eigenvalue weighted by molar-refractivity contribution is 5.76. The van der Waals surface area contributed by atoms with E-state index in [1.807, 2.05) is 0 Å². The van der Waals surface area contributed by atoms with E-state index in [0.29, 0.717) is 23.2 Å². The highest BCUT2D eigenvalue weighted by atomic mass is 19.4. The first-order chi connectivity index (χ1) is 8.41. The molecule has 0 unspecified atom stereocenters. The largest absolute Gasteiger partial charge is 0.416 e. The molecule has 1 aromatic heterocycles. The Morgan fingerprint density at radius 1 is 1.22 bits per heavy atom. The minimum absolute atomic E-state index is 0.412. The number of nitrogens with zero attached hydrogens (tertiary/aromatic N) is 2. The van der Waals surface area contributed by atoms with Crippen LogP contribution in [0.15, 0.2) is 30.5 Å². The predicted octanol–water partition coefficient (Wildman–Crippen LogP) is 3.01. The number of halogens is 3. The molecular formula is C12H9F3N2O. The molecule has 0 bridgehead atoms. The summed E-state index contributed by atoms with van der Waals surface area (Å²) in [7, 11) is 0. The van der Waals surface area contributed by atoms with Gasteiger partial charge >= 0.3 is 6.18 Å². The third kappa shape index (κ3) is 2.27. The van der Waals surface area contributed by atoms with Gasteiger partial charge in [0.2, 0.25) is 0 Å². The van der Waals surface area contributed by atoms with Gasteiger partial charge in [0.25, 0.3) is 0 Å². The van der Waals surface area contributed by atoms with E-state index in [2.05, 4.69) is 5.10 Å². The molecule has 0 N–H and O–H groups in total. The first-order valence-electron chi connectivity index (χ1n) is 5.11. The molecule has 94 valence electrons. The number of rotatable bonds is 2. The Morgan fingerprint density at radius 3 is 2.28 bits per heavy atom. The summed E-state index contributed by atoms with van der Waals surface area (Å²) >= 11 is 0. The van der Waals surface area contributed by atoms with Crippen LogP contribution in [0.5, 0.6) is 0 Å². The molecule has 0 aliphatic heterocycles. The summed E-state index contributed by atoms with van der Waals surface area (Å²) < 4.78 is 38.5. The van der Waals surface area contributed by atoms with Gasteiger partial charge in [-0.15, -0.1) is 0 Å². The zero-order chi connectivity index (χ0) is 13.3. The van der Waals surface area contributed by atoms with Crippen molar-refractivity contribution in [2.24, 2.45) is 0 Å². The highest BCUT2D eigenvalue weighted by Gasteiger charge is 2.30. The molecule has 0 spiro atoms. The van der Waals surface area contributed by atoms with Crippen LogP contribution in [0.2, 0.25) is 0 Å². The van der Waals surface area contributed by atoms with Crippen molar-refractivity contribution in [3.63, 3.8) is 0 Å². The SMILES string of the molecule is Cc1nn(-c2ccc(C(F)(F)F)cc2)cc1C=O. The lowest BCUT2D eigenvalue weighted by atomic mass is 10.2. The van der Waals surface area contributed by atoms with Gasteiger partial charge < -0.3 is 0 Å². The summed E-state index contributed by atoms with van der Waals surface area (Å²) in [5.74, 6) is 0. The van der Waals surface area contributed by atoms with Gasteiger partial charge in [0.05, 0.1) is 22.5 Å². The van der Waals surface area contributed by atoms with E-state index in [4.69, 9.17) is 0 Å². The molecule has 6 heteroatoms. The van der Waals surface area contributed by atoms with E-state index in [1.165, 1.54) is 23.0 Å². The topological polar surface area (TPSA) is 34.9 Å². The molecule has 1 aromatic carbocycles. The van der Waals surface area contributed by atoms with Gasteiger partial charge in [0.15, 0.2) is 6.29 Å². The van der Waals surface area contributed by atoms with Gasteiger partial charge in [-0.05, 0) is 31.2 Å². The number of aryl methyl sites for hydroxylation is 1. The van der Waals surface area contributed by atoms with Crippen LogP contribution in [0.1, 0.15) is 21.6 Å². The summed E-state index contributed by atoms with van der Waals surface area (Å²) in [6.45, 7) is 1.66. The zero-order valence-corrected chi connectivity index (χ0v) is 9.40. The van der Waals surface area contributed by atoms with E-state index in [9.17, 15) is 18.0 Å². The highest BCUT2D eigenvalue weighted by Crippen LogP contribution is 2.29. The van der Waals surface area contributed by atoms with Gasteiger partial charge in [0.1, 0.15) is 0 Å². The Morgan fingerprint density at radius 2 is 1.83 bits per heavy atom. The molecule has 0 fully saturated rings. The van der Waals surface area contributed by atoms with Crippen molar-refractivity contribution >= 4 is 6.29 Å². The normalized spacial score (nSPS) is 11.6. The standard InChI is InChI=1S/C12H9F3N2O/c1-8-9(7-18)6-17(16-8)11-4-2-10(3-5-11)12(13,14)15/h2-7H,1H3. The number of benzene rings is 1. The molecular weight excluding hydrogens is 245 g/mol. The maximum absolute atomic E-state index is 12.4. The number of carbonyl (C=O) groups excluding carboxylic acids is 1. The Labute approximate surface area is 101 Å². The van der Waals surface area contributed by atoms with Gasteiger partial charge in [-0.2, -0.15) is 18.3 Å². The summed E-state index contributed by atoms with van der Waals surface area (Å²) in [5, 5.41) is 4.05. The second-order valence-corrected chi connectivity index (χ2v) is 3.78. The van der Waals surface area contributed by atoms with E-state index >= 15 is 0 Å². The third-order valence-electron chi connectivity index (χ3n) is 2.52. The van der Waals surface area contributed by atoms with Crippen LogP contribution < -0.4 is 0 Å². The van der Waals surface area contributed by atoms with Gasteiger partial charge in [-0.3, -0.25) is 4.79 Å².